The Kier molecular flexibility index (Phi) is 6.58. The molecule has 27 heavy (non-hydrogen) atoms. The van der Waals surface area contributed by atoms with Gasteiger partial charge in [-0.05, 0) is 37.0 Å². The molecule has 0 spiro atoms. The van der Waals surface area contributed by atoms with E-state index in [-0.39, 0.29) is 12.0 Å². The van der Waals surface area contributed by atoms with Gasteiger partial charge in [-0.2, -0.15) is 0 Å². The van der Waals surface area contributed by atoms with E-state index in [0.29, 0.717) is 5.91 Å². The summed E-state index contributed by atoms with van der Waals surface area (Å²) in [4.78, 5) is 21.1. The van der Waals surface area contributed by atoms with Gasteiger partial charge in [-0.15, -0.1) is 0 Å². The van der Waals surface area contributed by atoms with Crippen molar-refractivity contribution >= 4 is 17.6 Å². The molecule has 1 atom stereocenters. The number of rotatable bonds is 5. The van der Waals surface area contributed by atoms with Crippen LogP contribution in [0.4, 0.5) is 5.69 Å². The lowest BCUT2D eigenvalue weighted by Crippen LogP contribution is -2.45. The summed E-state index contributed by atoms with van der Waals surface area (Å²) in [6.07, 6.45) is 5.54. The van der Waals surface area contributed by atoms with Gasteiger partial charge >= 0.3 is 0 Å². The number of guanidine groups is 1. The summed E-state index contributed by atoms with van der Waals surface area (Å²) in [5.74, 6) is 1.43. The normalized spacial score (nSPS) is 20.8. The first-order valence-corrected chi connectivity index (χ1v) is 10.1. The minimum Gasteiger partial charge on any atom is -0.378 e. The van der Waals surface area contributed by atoms with E-state index in [1.165, 1.54) is 24.1 Å². The topological polar surface area (TPSA) is 60.0 Å². The largest absolute Gasteiger partial charge is 0.378 e. The lowest BCUT2D eigenvalue weighted by atomic mass is 10.1. The maximum atomic E-state index is 12.6. The van der Waals surface area contributed by atoms with Crippen LogP contribution in [-0.2, 0) is 11.3 Å². The molecule has 0 bridgehead atoms. The summed E-state index contributed by atoms with van der Waals surface area (Å²) in [5, 5.41) is 6.88. The van der Waals surface area contributed by atoms with Gasteiger partial charge < -0.3 is 20.4 Å². The zero-order valence-corrected chi connectivity index (χ0v) is 16.9. The van der Waals surface area contributed by atoms with Crippen molar-refractivity contribution in [3.63, 3.8) is 0 Å². The van der Waals surface area contributed by atoms with Crippen molar-refractivity contribution in [1.29, 1.82) is 0 Å². The molecule has 1 aliphatic carbocycles. The SMILES string of the molecule is CN=C(NCc1cccc(N(C)C)c1)NC1CCN(C(=O)C2CCCC2)C1. The van der Waals surface area contributed by atoms with E-state index in [9.17, 15) is 4.79 Å². The maximum Gasteiger partial charge on any atom is 0.225 e. The zero-order chi connectivity index (χ0) is 19.2. The number of hydrogen-bond donors (Lipinski definition) is 2. The Morgan fingerprint density at radius 2 is 2.04 bits per heavy atom. The molecule has 6 heteroatoms. The lowest BCUT2D eigenvalue weighted by molar-refractivity contribution is -0.134. The summed E-state index contributed by atoms with van der Waals surface area (Å²) in [5.41, 5.74) is 2.41. The number of anilines is 1. The van der Waals surface area contributed by atoms with Crippen LogP contribution in [0.3, 0.4) is 0 Å². The third-order valence-corrected chi connectivity index (χ3v) is 5.66. The zero-order valence-electron chi connectivity index (χ0n) is 16.9. The first kappa shape index (κ1) is 19.5. The predicted octanol–water partition coefficient (Wildman–Crippen LogP) is 2.21. The van der Waals surface area contributed by atoms with E-state index in [2.05, 4.69) is 44.8 Å². The number of amides is 1. The summed E-state index contributed by atoms with van der Waals surface area (Å²) < 4.78 is 0. The van der Waals surface area contributed by atoms with Gasteiger partial charge in [0.1, 0.15) is 0 Å². The second kappa shape index (κ2) is 9.11. The van der Waals surface area contributed by atoms with Crippen LogP contribution in [0, 0.1) is 5.92 Å². The van der Waals surface area contributed by atoms with Crippen molar-refractivity contribution in [2.45, 2.75) is 44.7 Å². The highest BCUT2D eigenvalue weighted by Gasteiger charge is 2.32. The first-order chi connectivity index (χ1) is 13.1. The van der Waals surface area contributed by atoms with E-state index >= 15 is 0 Å². The molecule has 0 radical (unpaired) electrons. The van der Waals surface area contributed by atoms with Crippen LogP contribution in [0.1, 0.15) is 37.7 Å². The molecule has 1 aliphatic heterocycles. The van der Waals surface area contributed by atoms with Crippen molar-refractivity contribution in [1.82, 2.24) is 15.5 Å². The van der Waals surface area contributed by atoms with E-state index in [1.807, 2.05) is 19.0 Å². The summed E-state index contributed by atoms with van der Waals surface area (Å²) in [6, 6.07) is 8.74. The smallest absolute Gasteiger partial charge is 0.225 e. The fourth-order valence-electron chi connectivity index (χ4n) is 4.03. The van der Waals surface area contributed by atoms with Crippen molar-refractivity contribution in [2.24, 2.45) is 10.9 Å². The van der Waals surface area contributed by atoms with Crippen LogP contribution in [-0.4, -0.2) is 57.0 Å². The van der Waals surface area contributed by atoms with E-state index in [0.717, 1.165) is 44.9 Å². The van der Waals surface area contributed by atoms with Crippen molar-refractivity contribution in [3.05, 3.63) is 29.8 Å². The Balaban J connectivity index is 1.48. The predicted molar refractivity (Wildman–Crippen MR) is 111 cm³/mol. The quantitative estimate of drug-likeness (QED) is 0.615. The number of likely N-dealkylation sites (tertiary alicyclic amines) is 1. The van der Waals surface area contributed by atoms with Crippen LogP contribution < -0.4 is 15.5 Å². The number of aliphatic imine (C=N–C) groups is 1. The number of nitrogens with zero attached hydrogens (tertiary/aromatic N) is 3. The molecule has 1 saturated heterocycles. The van der Waals surface area contributed by atoms with Gasteiger partial charge in [-0.3, -0.25) is 9.79 Å². The molecule has 2 fully saturated rings. The molecule has 0 aromatic heterocycles. The third kappa shape index (κ3) is 5.15. The minimum atomic E-state index is 0.269. The molecule has 1 saturated carbocycles. The Morgan fingerprint density at radius 3 is 2.74 bits per heavy atom. The minimum absolute atomic E-state index is 0.269. The van der Waals surface area contributed by atoms with Gasteiger partial charge in [0.25, 0.3) is 0 Å². The molecule has 1 aromatic carbocycles. The standard InChI is InChI=1S/C21H33N5O/c1-22-21(23-14-16-7-6-10-19(13-16)25(2)3)24-18-11-12-26(15-18)20(27)17-8-4-5-9-17/h6-7,10,13,17-18H,4-5,8-9,11-12,14-15H2,1-3H3,(H2,22,23,24). The van der Waals surface area contributed by atoms with Gasteiger partial charge in [-0.1, -0.05) is 25.0 Å². The second-order valence-electron chi connectivity index (χ2n) is 7.89. The van der Waals surface area contributed by atoms with Gasteiger partial charge in [0.05, 0.1) is 0 Å². The highest BCUT2D eigenvalue weighted by molar-refractivity contribution is 5.81. The maximum absolute atomic E-state index is 12.6. The number of nitrogens with one attached hydrogen (secondary N) is 2. The molecule has 148 valence electrons. The highest BCUT2D eigenvalue weighted by Crippen LogP contribution is 2.27. The number of benzene rings is 1. The van der Waals surface area contributed by atoms with Crippen LogP contribution in [0.25, 0.3) is 0 Å². The molecule has 2 aliphatic rings. The van der Waals surface area contributed by atoms with Crippen LogP contribution in [0.15, 0.2) is 29.3 Å². The van der Waals surface area contributed by atoms with Gasteiger partial charge in [-0.25, -0.2) is 0 Å². The Labute approximate surface area is 163 Å². The van der Waals surface area contributed by atoms with Crippen molar-refractivity contribution in [2.75, 3.05) is 39.1 Å². The summed E-state index contributed by atoms with van der Waals surface area (Å²) >= 11 is 0. The molecule has 6 nitrogen and oxygen atoms in total. The van der Waals surface area contributed by atoms with Crippen molar-refractivity contribution < 1.29 is 4.79 Å². The molecule has 1 heterocycles. The highest BCUT2D eigenvalue weighted by atomic mass is 16.2. The fraction of sp³-hybridized carbons (Fsp3) is 0.619. The molecular weight excluding hydrogens is 338 g/mol. The lowest BCUT2D eigenvalue weighted by Gasteiger charge is -2.21. The molecule has 1 unspecified atom stereocenters. The first-order valence-electron chi connectivity index (χ1n) is 10.1. The fourth-order valence-corrected chi connectivity index (χ4v) is 4.03. The second-order valence-corrected chi connectivity index (χ2v) is 7.89. The van der Waals surface area contributed by atoms with E-state index < -0.39 is 0 Å². The molecule has 2 N–H and O–H groups in total. The average Bonchev–Trinajstić information content (AvgIpc) is 3.37. The third-order valence-electron chi connectivity index (χ3n) is 5.66. The Bertz CT molecular complexity index is 666. The Morgan fingerprint density at radius 1 is 1.26 bits per heavy atom. The van der Waals surface area contributed by atoms with Gasteiger partial charge in [0.2, 0.25) is 5.91 Å². The monoisotopic (exact) mass is 371 g/mol. The number of hydrogen-bond acceptors (Lipinski definition) is 3. The molecular formula is C21H33N5O. The summed E-state index contributed by atoms with van der Waals surface area (Å²) in [6.45, 7) is 2.36. The van der Waals surface area contributed by atoms with Gasteiger partial charge in [0, 0.05) is 58.4 Å². The number of carbonyl (C=O) groups is 1. The number of carbonyl (C=O) groups excluding carboxylic acids is 1. The summed E-state index contributed by atoms with van der Waals surface area (Å²) in [7, 11) is 5.89. The van der Waals surface area contributed by atoms with E-state index in [4.69, 9.17) is 0 Å². The van der Waals surface area contributed by atoms with Crippen molar-refractivity contribution in [3.8, 4) is 0 Å². The van der Waals surface area contributed by atoms with Crippen LogP contribution >= 0.6 is 0 Å². The molecule has 1 aromatic rings. The van der Waals surface area contributed by atoms with Crippen LogP contribution in [0.2, 0.25) is 0 Å². The Hall–Kier alpha value is -2.24. The van der Waals surface area contributed by atoms with E-state index in [1.54, 1.807) is 7.05 Å². The average molecular weight is 372 g/mol. The van der Waals surface area contributed by atoms with Gasteiger partial charge in [0.15, 0.2) is 5.96 Å². The molecule has 1 amide bonds. The molecule has 3 rings (SSSR count). The van der Waals surface area contributed by atoms with Crippen LogP contribution in [0.5, 0.6) is 0 Å².